The van der Waals surface area contributed by atoms with Crippen LogP contribution in [0.2, 0.25) is 0 Å². The average molecular weight is 414 g/mol. The van der Waals surface area contributed by atoms with Crippen LogP contribution < -0.4 is 0 Å². The first-order valence-electron chi connectivity index (χ1n) is 9.82. The lowest BCUT2D eigenvalue weighted by Gasteiger charge is -2.39. The van der Waals surface area contributed by atoms with Crippen molar-refractivity contribution in [2.24, 2.45) is 9.36 Å². The number of nitrogens with zero attached hydrogens (tertiary/aromatic N) is 3. The molecule has 0 aromatic heterocycles. The molecule has 0 radical (unpaired) electrons. The molecule has 0 aliphatic carbocycles. The van der Waals surface area contributed by atoms with Gasteiger partial charge in [-0.1, -0.05) is 48.5 Å². The number of hydrogen-bond donors (Lipinski definition) is 0. The van der Waals surface area contributed by atoms with E-state index in [2.05, 4.69) is 4.36 Å². The summed E-state index contributed by atoms with van der Waals surface area (Å²) in [5.41, 5.74) is -0.0860. The molecule has 0 spiro atoms. The number of fused-ring (bicyclic) bond motifs is 1. The number of ketones is 1. The first kappa shape index (κ1) is 19.8. The van der Waals surface area contributed by atoms with Crippen LogP contribution in [0.15, 0.2) is 64.0 Å². The van der Waals surface area contributed by atoms with E-state index in [0.717, 1.165) is 12.8 Å². The summed E-state index contributed by atoms with van der Waals surface area (Å²) < 4.78 is 34.7. The Morgan fingerprint density at radius 2 is 1.86 bits per heavy atom. The third-order valence-electron chi connectivity index (χ3n) is 5.41. The van der Waals surface area contributed by atoms with Gasteiger partial charge < -0.3 is 0 Å². The molecule has 2 aromatic carbocycles. The van der Waals surface area contributed by atoms with Crippen LogP contribution in [0.1, 0.15) is 42.1 Å². The number of amidine groups is 1. The number of Topliss-reactive ketones (excluding diaryl/α,β-unsaturated/α-hetero) is 1. The molecule has 152 valence electrons. The van der Waals surface area contributed by atoms with Crippen molar-refractivity contribution in [2.45, 2.75) is 31.7 Å². The molecule has 0 N–H and O–H groups in total. The van der Waals surface area contributed by atoms with E-state index in [4.69, 9.17) is 4.99 Å². The normalized spacial score (nSPS) is 26.7. The zero-order valence-electron chi connectivity index (χ0n) is 16.4. The number of halogens is 1. The summed E-state index contributed by atoms with van der Waals surface area (Å²) in [4.78, 5) is 17.7. The SMILES string of the molecule is C[C@@]1(c2ccccc2F)C[S@]2(=O)=NCCCCN2C(CC(=O)c2ccccc2)=N1. The molecule has 0 fully saturated rings. The summed E-state index contributed by atoms with van der Waals surface area (Å²) in [6, 6.07) is 15.4. The molecule has 2 aliphatic heterocycles. The molecule has 2 atom stereocenters. The van der Waals surface area contributed by atoms with Gasteiger partial charge in [-0.2, -0.15) is 0 Å². The number of carbonyl (C=O) groups excluding carboxylic acids is 1. The van der Waals surface area contributed by atoms with Crippen molar-refractivity contribution in [3.8, 4) is 0 Å². The maximum Gasteiger partial charge on any atom is 0.170 e. The predicted molar refractivity (Wildman–Crippen MR) is 113 cm³/mol. The molecule has 0 saturated heterocycles. The zero-order valence-corrected chi connectivity index (χ0v) is 17.2. The average Bonchev–Trinajstić information content (AvgIpc) is 2.90. The maximum absolute atomic E-state index is 14.6. The first-order chi connectivity index (χ1) is 13.9. The highest BCUT2D eigenvalue weighted by molar-refractivity contribution is 7.92. The van der Waals surface area contributed by atoms with Crippen LogP contribution in [0.4, 0.5) is 4.39 Å². The lowest BCUT2D eigenvalue weighted by Crippen LogP contribution is -2.49. The molecular weight excluding hydrogens is 389 g/mol. The van der Waals surface area contributed by atoms with E-state index in [1.165, 1.54) is 6.07 Å². The summed E-state index contributed by atoms with van der Waals surface area (Å²) in [5.74, 6) is 0.0569. The van der Waals surface area contributed by atoms with Gasteiger partial charge in [0.15, 0.2) is 5.78 Å². The number of benzene rings is 2. The van der Waals surface area contributed by atoms with Gasteiger partial charge in [-0.15, -0.1) is 0 Å². The summed E-state index contributed by atoms with van der Waals surface area (Å²) in [7, 11) is -2.81. The summed E-state index contributed by atoms with van der Waals surface area (Å²) in [6.07, 6.45) is 1.68. The fraction of sp³-hybridized carbons (Fsp3) is 0.364. The van der Waals surface area contributed by atoms with E-state index in [0.29, 0.717) is 30.1 Å². The largest absolute Gasteiger partial charge is 0.294 e. The molecule has 7 heteroatoms. The Balaban J connectivity index is 1.81. The number of aliphatic imine (C=N–C) groups is 1. The minimum absolute atomic E-state index is 0.0145. The van der Waals surface area contributed by atoms with Crippen molar-refractivity contribution in [1.29, 1.82) is 0 Å². The Kier molecular flexibility index (Phi) is 5.25. The number of carbonyl (C=O) groups is 1. The second-order valence-corrected chi connectivity index (χ2v) is 9.86. The third kappa shape index (κ3) is 3.83. The van der Waals surface area contributed by atoms with Crippen molar-refractivity contribution in [2.75, 3.05) is 18.8 Å². The maximum atomic E-state index is 14.6. The Labute approximate surface area is 171 Å². The molecule has 0 saturated carbocycles. The quantitative estimate of drug-likeness (QED) is 0.705. The molecule has 0 amide bonds. The molecule has 2 aliphatic rings. The summed E-state index contributed by atoms with van der Waals surface area (Å²) in [5, 5.41) is 0. The highest BCUT2D eigenvalue weighted by Gasteiger charge is 2.42. The van der Waals surface area contributed by atoms with E-state index < -0.39 is 21.3 Å². The van der Waals surface area contributed by atoms with Gasteiger partial charge in [0.2, 0.25) is 0 Å². The molecule has 29 heavy (non-hydrogen) atoms. The molecule has 5 nitrogen and oxygen atoms in total. The minimum Gasteiger partial charge on any atom is -0.294 e. The molecular formula is C22H24FN3O2S. The smallest absolute Gasteiger partial charge is 0.170 e. The van der Waals surface area contributed by atoms with Crippen molar-refractivity contribution in [1.82, 2.24) is 4.31 Å². The van der Waals surface area contributed by atoms with Crippen molar-refractivity contribution in [3.05, 3.63) is 71.5 Å². The van der Waals surface area contributed by atoms with Crippen molar-refractivity contribution >= 4 is 21.5 Å². The van der Waals surface area contributed by atoms with E-state index >= 15 is 0 Å². The topological polar surface area (TPSA) is 62.1 Å². The minimum atomic E-state index is -2.81. The fourth-order valence-corrected chi connectivity index (χ4v) is 6.58. The van der Waals surface area contributed by atoms with Crippen LogP contribution >= 0.6 is 0 Å². The second-order valence-electron chi connectivity index (χ2n) is 7.66. The van der Waals surface area contributed by atoms with Gasteiger partial charge in [-0.3, -0.25) is 14.1 Å². The van der Waals surface area contributed by atoms with Gasteiger partial charge in [0, 0.05) is 17.7 Å². The van der Waals surface area contributed by atoms with Crippen molar-refractivity contribution in [3.63, 3.8) is 0 Å². The van der Waals surface area contributed by atoms with Gasteiger partial charge in [0.25, 0.3) is 0 Å². The molecule has 2 aromatic rings. The molecule has 0 bridgehead atoms. The standard InChI is InChI=1S/C22H24FN3O2S/c1-22(18-11-5-6-12-19(18)23)16-29(28)24-13-7-8-14-26(29)21(25-22)15-20(27)17-9-3-2-4-10-17/h2-6,9-12H,7-8,13-16H2,1H3/t22-,29-/m0/s1. The van der Waals surface area contributed by atoms with E-state index in [1.54, 1.807) is 41.6 Å². The van der Waals surface area contributed by atoms with Crippen LogP contribution in [0.25, 0.3) is 0 Å². The van der Waals surface area contributed by atoms with Gasteiger partial charge in [-0.05, 0) is 25.8 Å². The van der Waals surface area contributed by atoms with Gasteiger partial charge in [0.05, 0.1) is 18.7 Å². The van der Waals surface area contributed by atoms with Gasteiger partial charge in [0.1, 0.15) is 27.1 Å². The van der Waals surface area contributed by atoms with Gasteiger partial charge >= 0.3 is 0 Å². The van der Waals surface area contributed by atoms with Crippen molar-refractivity contribution < 1.29 is 13.4 Å². The first-order valence-corrected chi connectivity index (χ1v) is 11.5. The Morgan fingerprint density at radius 3 is 2.62 bits per heavy atom. The molecule has 4 rings (SSSR count). The number of hydrogen-bond acceptors (Lipinski definition) is 4. The number of rotatable bonds is 4. The molecule has 2 heterocycles. The van der Waals surface area contributed by atoms with Crippen LogP contribution in [-0.2, 0) is 15.5 Å². The second kappa shape index (κ2) is 7.71. The Hall–Kier alpha value is -2.54. The van der Waals surface area contributed by atoms with E-state index in [1.807, 2.05) is 18.2 Å². The fourth-order valence-electron chi connectivity index (χ4n) is 3.98. The third-order valence-corrected chi connectivity index (χ3v) is 8.01. The summed E-state index contributed by atoms with van der Waals surface area (Å²) >= 11 is 0. The Bertz CT molecular complexity index is 1080. The highest BCUT2D eigenvalue weighted by Crippen LogP contribution is 2.36. The van der Waals surface area contributed by atoms with Crippen LogP contribution in [0.5, 0.6) is 0 Å². The van der Waals surface area contributed by atoms with Crippen LogP contribution in [0.3, 0.4) is 0 Å². The highest BCUT2D eigenvalue weighted by atomic mass is 32.2. The summed E-state index contributed by atoms with van der Waals surface area (Å²) in [6.45, 7) is 2.82. The van der Waals surface area contributed by atoms with Crippen LogP contribution in [-0.4, -0.2) is 39.0 Å². The zero-order chi connectivity index (χ0) is 20.5. The van der Waals surface area contributed by atoms with Gasteiger partial charge in [-0.25, -0.2) is 13.0 Å². The lowest BCUT2D eigenvalue weighted by atomic mass is 9.94. The van der Waals surface area contributed by atoms with E-state index in [9.17, 15) is 13.4 Å². The Morgan fingerprint density at radius 1 is 1.14 bits per heavy atom. The predicted octanol–water partition coefficient (Wildman–Crippen LogP) is 4.20. The molecule has 0 unspecified atom stereocenters. The monoisotopic (exact) mass is 413 g/mol. The lowest BCUT2D eigenvalue weighted by molar-refractivity contribution is 0.0998. The van der Waals surface area contributed by atoms with E-state index in [-0.39, 0.29) is 18.0 Å². The van der Waals surface area contributed by atoms with Crippen LogP contribution in [0, 0.1) is 5.82 Å².